The summed E-state index contributed by atoms with van der Waals surface area (Å²) in [6.07, 6.45) is 12.0. The van der Waals surface area contributed by atoms with Crippen LogP contribution in [0.25, 0.3) is 5.57 Å². The molecule has 1 saturated carbocycles. The Balaban J connectivity index is 1.30. The summed E-state index contributed by atoms with van der Waals surface area (Å²) in [6.45, 7) is 3.37. The van der Waals surface area contributed by atoms with Crippen molar-refractivity contribution in [2.45, 2.75) is 68.9 Å². The third kappa shape index (κ3) is 6.32. The highest BCUT2D eigenvalue weighted by atomic mass is 32.2. The van der Waals surface area contributed by atoms with Crippen LogP contribution in [0.15, 0.2) is 61.0 Å². The van der Waals surface area contributed by atoms with E-state index in [2.05, 4.69) is 15.1 Å². The van der Waals surface area contributed by atoms with Gasteiger partial charge >= 0.3 is 0 Å². The molecule has 0 aliphatic heterocycles. The number of amides is 1. The molecule has 0 saturated heterocycles. The van der Waals surface area contributed by atoms with Crippen molar-refractivity contribution in [3.05, 3.63) is 72.1 Å². The van der Waals surface area contributed by atoms with Crippen LogP contribution in [0.4, 0.5) is 0 Å². The maximum Gasteiger partial charge on any atom is 0.223 e. The molecule has 1 amide bonds. The molecule has 4 rings (SSSR count). The van der Waals surface area contributed by atoms with E-state index in [9.17, 15) is 18.3 Å². The van der Waals surface area contributed by atoms with Crippen molar-refractivity contribution in [2.24, 2.45) is 13.0 Å². The van der Waals surface area contributed by atoms with Gasteiger partial charge in [-0.1, -0.05) is 48.6 Å². The molecule has 9 heteroatoms. The third-order valence-electron chi connectivity index (χ3n) is 7.05. The van der Waals surface area contributed by atoms with E-state index in [1.807, 2.05) is 55.7 Å². The predicted octanol–water partition coefficient (Wildman–Crippen LogP) is 3.24. The monoisotopic (exact) mass is 512 g/mol. The molecule has 0 radical (unpaired) electrons. The van der Waals surface area contributed by atoms with Gasteiger partial charge in [0.25, 0.3) is 0 Å². The second-order valence-electron chi connectivity index (χ2n) is 10.4. The Bertz CT molecular complexity index is 1220. The van der Waals surface area contributed by atoms with Gasteiger partial charge in [-0.15, -0.1) is 0 Å². The number of carbonyl (C=O) groups is 1. The first-order valence-electron chi connectivity index (χ1n) is 12.5. The summed E-state index contributed by atoms with van der Waals surface area (Å²) >= 11 is 0. The molecule has 2 aromatic rings. The summed E-state index contributed by atoms with van der Waals surface area (Å²) < 4.78 is 30.6. The SMILES string of the molecule is Cn1cc(C2=CCC(S(=O)(=O)NC3CCC(C(=O)N[C@@H](c4ccccc4)C(C)(C)O)CC3)C=C2)cn1. The van der Waals surface area contributed by atoms with E-state index >= 15 is 0 Å². The van der Waals surface area contributed by atoms with E-state index in [0.717, 1.165) is 16.7 Å². The molecule has 1 heterocycles. The molecule has 0 bridgehead atoms. The quantitative estimate of drug-likeness (QED) is 0.503. The lowest BCUT2D eigenvalue weighted by Crippen LogP contribution is -2.47. The van der Waals surface area contributed by atoms with Crippen molar-refractivity contribution in [1.82, 2.24) is 19.8 Å². The third-order valence-corrected chi connectivity index (χ3v) is 8.86. The van der Waals surface area contributed by atoms with Crippen LogP contribution in [0.5, 0.6) is 0 Å². The lowest BCUT2D eigenvalue weighted by atomic mass is 9.84. The van der Waals surface area contributed by atoms with Crippen molar-refractivity contribution in [2.75, 3.05) is 0 Å². The minimum absolute atomic E-state index is 0.101. The molecule has 194 valence electrons. The van der Waals surface area contributed by atoms with Crippen LogP contribution < -0.4 is 10.0 Å². The van der Waals surface area contributed by atoms with Gasteiger partial charge in [-0.3, -0.25) is 9.48 Å². The van der Waals surface area contributed by atoms with Crippen LogP contribution in [-0.4, -0.2) is 46.1 Å². The number of allylic oxidation sites excluding steroid dienone is 3. The van der Waals surface area contributed by atoms with E-state index in [1.54, 1.807) is 30.8 Å². The molecule has 8 nitrogen and oxygen atoms in total. The fourth-order valence-electron chi connectivity index (χ4n) is 4.98. The van der Waals surface area contributed by atoms with Crippen molar-refractivity contribution >= 4 is 21.5 Å². The summed E-state index contributed by atoms with van der Waals surface area (Å²) in [5, 5.41) is 17.2. The maximum atomic E-state index is 13.0. The van der Waals surface area contributed by atoms with Crippen molar-refractivity contribution in [3.63, 3.8) is 0 Å². The predicted molar refractivity (Wildman–Crippen MR) is 140 cm³/mol. The number of aliphatic hydroxyl groups is 1. The number of aryl methyl sites for hydroxylation is 1. The molecule has 2 aliphatic rings. The number of hydrogen-bond acceptors (Lipinski definition) is 5. The zero-order chi connectivity index (χ0) is 25.9. The lowest BCUT2D eigenvalue weighted by molar-refractivity contribution is -0.128. The van der Waals surface area contributed by atoms with Crippen molar-refractivity contribution in [1.29, 1.82) is 0 Å². The highest BCUT2D eigenvalue weighted by Gasteiger charge is 2.35. The van der Waals surface area contributed by atoms with Crippen LogP contribution in [0.2, 0.25) is 0 Å². The molecular formula is C27H36N4O4S. The topological polar surface area (TPSA) is 113 Å². The van der Waals surface area contributed by atoms with Crippen LogP contribution in [0.3, 0.4) is 0 Å². The molecule has 1 aromatic carbocycles. The summed E-state index contributed by atoms with van der Waals surface area (Å²) in [5.41, 5.74) is 1.66. The Morgan fingerprint density at radius 2 is 1.86 bits per heavy atom. The van der Waals surface area contributed by atoms with Crippen molar-refractivity contribution < 1.29 is 18.3 Å². The van der Waals surface area contributed by atoms with Gasteiger partial charge in [0.05, 0.1) is 23.1 Å². The normalized spacial score (nSPS) is 23.7. The van der Waals surface area contributed by atoms with Gasteiger partial charge in [-0.05, 0) is 57.1 Å². The Kier molecular flexibility index (Phi) is 7.82. The molecule has 1 fully saturated rings. The summed E-state index contributed by atoms with van der Waals surface area (Å²) in [4.78, 5) is 13.0. The fraction of sp³-hybridized carbons (Fsp3) is 0.481. The number of rotatable bonds is 8. The van der Waals surface area contributed by atoms with Crippen molar-refractivity contribution in [3.8, 4) is 0 Å². The standard InChI is InChI=1S/C27H36N4O4S/c1-27(2,33)25(20-7-5-4-6-8-20)29-26(32)21-9-13-23(14-10-21)30-36(34,35)24-15-11-19(12-16-24)22-17-28-31(3)18-22/h4-8,11-12,15,17-18,21,23-25,30,33H,9-10,13-14,16H2,1-3H3,(H,29,32)/t21?,23?,24?,25-/m0/s1. The van der Waals surface area contributed by atoms with E-state index in [1.165, 1.54) is 0 Å². The number of sulfonamides is 1. The molecule has 2 atom stereocenters. The summed E-state index contributed by atoms with van der Waals surface area (Å²) in [7, 11) is -1.68. The average molecular weight is 513 g/mol. The molecule has 1 aromatic heterocycles. The Labute approximate surface area is 213 Å². The molecule has 1 unspecified atom stereocenters. The number of hydrogen-bond donors (Lipinski definition) is 3. The molecule has 3 N–H and O–H groups in total. The van der Waals surface area contributed by atoms with Crippen LogP contribution in [0.1, 0.15) is 63.1 Å². The minimum Gasteiger partial charge on any atom is -0.388 e. The second-order valence-corrected chi connectivity index (χ2v) is 12.3. The van der Waals surface area contributed by atoms with Gasteiger partial charge in [0.1, 0.15) is 0 Å². The number of benzene rings is 1. The first kappa shape index (κ1) is 26.3. The van der Waals surface area contributed by atoms with E-state index in [4.69, 9.17) is 0 Å². The molecule has 0 spiro atoms. The van der Waals surface area contributed by atoms with Gasteiger partial charge in [0.15, 0.2) is 0 Å². The van der Waals surface area contributed by atoms with Gasteiger partial charge < -0.3 is 10.4 Å². The van der Waals surface area contributed by atoms with Gasteiger partial charge in [0.2, 0.25) is 15.9 Å². The first-order valence-corrected chi connectivity index (χ1v) is 14.0. The molecule has 36 heavy (non-hydrogen) atoms. The zero-order valence-corrected chi connectivity index (χ0v) is 21.9. The number of carbonyl (C=O) groups excluding carboxylic acids is 1. The fourth-order valence-corrected chi connectivity index (χ4v) is 6.49. The smallest absolute Gasteiger partial charge is 0.223 e. The van der Waals surface area contributed by atoms with E-state index in [0.29, 0.717) is 32.1 Å². The highest BCUT2D eigenvalue weighted by Crippen LogP contribution is 2.30. The Morgan fingerprint density at radius 3 is 2.42 bits per heavy atom. The summed E-state index contributed by atoms with van der Waals surface area (Å²) in [6, 6.07) is 8.74. The zero-order valence-electron chi connectivity index (χ0n) is 21.1. The molecule has 2 aliphatic carbocycles. The van der Waals surface area contributed by atoms with Gasteiger partial charge in [-0.25, -0.2) is 13.1 Å². The van der Waals surface area contributed by atoms with E-state index < -0.39 is 26.9 Å². The second kappa shape index (κ2) is 10.7. The van der Waals surface area contributed by atoms with Crippen LogP contribution >= 0.6 is 0 Å². The number of nitrogens with one attached hydrogen (secondary N) is 2. The largest absolute Gasteiger partial charge is 0.388 e. The summed E-state index contributed by atoms with van der Waals surface area (Å²) in [5.74, 6) is -0.311. The van der Waals surface area contributed by atoms with Crippen LogP contribution in [-0.2, 0) is 21.9 Å². The number of aromatic nitrogens is 2. The molecular weight excluding hydrogens is 476 g/mol. The Morgan fingerprint density at radius 1 is 1.17 bits per heavy atom. The first-order chi connectivity index (χ1) is 17.0. The number of nitrogens with zero attached hydrogens (tertiary/aromatic N) is 2. The van der Waals surface area contributed by atoms with E-state index in [-0.39, 0.29) is 17.9 Å². The lowest BCUT2D eigenvalue weighted by Gasteiger charge is -2.34. The average Bonchev–Trinajstić information content (AvgIpc) is 3.29. The van der Waals surface area contributed by atoms with Gasteiger partial charge in [0, 0.05) is 30.8 Å². The van der Waals surface area contributed by atoms with Gasteiger partial charge in [-0.2, -0.15) is 5.10 Å². The Hall–Kier alpha value is -2.75. The minimum atomic E-state index is -3.53. The maximum absolute atomic E-state index is 13.0. The van der Waals surface area contributed by atoms with Crippen LogP contribution in [0, 0.1) is 5.92 Å². The highest BCUT2D eigenvalue weighted by molar-refractivity contribution is 7.90.